The van der Waals surface area contributed by atoms with Crippen LogP contribution in [0.5, 0.6) is 0 Å². The lowest BCUT2D eigenvalue weighted by molar-refractivity contribution is 0.0285. The average Bonchev–Trinajstić information content (AvgIpc) is 2.24. The van der Waals surface area contributed by atoms with E-state index in [-0.39, 0.29) is 0 Å². The van der Waals surface area contributed by atoms with Crippen LogP contribution in [0.1, 0.15) is 53.9 Å². The Hall–Kier alpha value is -0.0800. The van der Waals surface area contributed by atoms with Crippen molar-refractivity contribution < 1.29 is 4.74 Å². The van der Waals surface area contributed by atoms with Gasteiger partial charge in [-0.15, -0.1) is 0 Å². The van der Waals surface area contributed by atoms with Gasteiger partial charge in [0.15, 0.2) is 0 Å². The summed E-state index contributed by atoms with van der Waals surface area (Å²) in [5.41, 5.74) is 0. The molecule has 0 aliphatic carbocycles. The fourth-order valence-electron chi connectivity index (χ4n) is 2.19. The molecular formula is C13H29NO. The second-order valence-corrected chi connectivity index (χ2v) is 4.22. The standard InChI is InChI=1S/C13H29NO/c1-6-10-14-13(11(5)15-9-4)12(7-2)8-3/h11-14H,6-10H2,1-5H3. The molecule has 15 heavy (non-hydrogen) atoms. The quantitative estimate of drug-likeness (QED) is 0.637. The summed E-state index contributed by atoms with van der Waals surface area (Å²) in [4.78, 5) is 0. The predicted molar refractivity (Wildman–Crippen MR) is 67.2 cm³/mol. The van der Waals surface area contributed by atoms with E-state index < -0.39 is 0 Å². The summed E-state index contributed by atoms with van der Waals surface area (Å²) in [5.74, 6) is 0.734. The highest BCUT2D eigenvalue weighted by molar-refractivity contribution is 4.80. The van der Waals surface area contributed by atoms with E-state index in [1.165, 1.54) is 19.3 Å². The molecule has 0 aliphatic heterocycles. The van der Waals surface area contributed by atoms with Crippen LogP contribution in [-0.2, 0) is 4.74 Å². The highest BCUT2D eigenvalue weighted by Gasteiger charge is 2.23. The number of hydrogen-bond acceptors (Lipinski definition) is 2. The van der Waals surface area contributed by atoms with Crippen LogP contribution in [0.15, 0.2) is 0 Å². The second-order valence-electron chi connectivity index (χ2n) is 4.22. The Morgan fingerprint density at radius 2 is 1.67 bits per heavy atom. The van der Waals surface area contributed by atoms with Gasteiger partial charge in [0.1, 0.15) is 0 Å². The molecule has 0 aliphatic rings. The van der Waals surface area contributed by atoms with E-state index >= 15 is 0 Å². The first kappa shape index (κ1) is 14.9. The minimum absolute atomic E-state index is 0.325. The maximum Gasteiger partial charge on any atom is 0.0702 e. The van der Waals surface area contributed by atoms with Gasteiger partial charge in [-0.1, -0.05) is 33.6 Å². The van der Waals surface area contributed by atoms with E-state index in [9.17, 15) is 0 Å². The minimum Gasteiger partial charge on any atom is -0.377 e. The van der Waals surface area contributed by atoms with Crippen molar-refractivity contribution in [3.8, 4) is 0 Å². The van der Waals surface area contributed by atoms with Gasteiger partial charge in [-0.3, -0.25) is 0 Å². The van der Waals surface area contributed by atoms with E-state index in [0.29, 0.717) is 12.1 Å². The van der Waals surface area contributed by atoms with Crippen LogP contribution < -0.4 is 5.32 Å². The molecule has 92 valence electrons. The van der Waals surface area contributed by atoms with Crippen molar-refractivity contribution in [1.29, 1.82) is 0 Å². The Morgan fingerprint density at radius 1 is 1.07 bits per heavy atom. The molecule has 0 fully saturated rings. The summed E-state index contributed by atoms with van der Waals surface area (Å²) >= 11 is 0. The summed E-state index contributed by atoms with van der Waals surface area (Å²) in [6.45, 7) is 12.9. The fourth-order valence-corrected chi connectivity index (χ4v) is 2.19. The third kappa shape index (κ3) is 5.53. The van der Waals surface area contributed by atoms with E-state index in [4.69, 9.17) is 4.74 Å². The van der Waals surface area contributed by atoms with E-state index in [1.54, 1.807) is 0 Å². The molecule has 0 aromatic rings. The van der Waals surface area contributed by atoms with Crippen molar-refractivity contribution in [2.45, 2.75) is 66.0 Å². The molecule has 0 saturated carbocycles. The van der Waals surface area contributed by atoms with Crippen molar-refractivity contribution in [1.82, 2.24) is 5.32 Å². The van der Waals surface area contributed by atoms with Gasteiger partial charge in [-0.05, 0) is 32.7 Å². The molecule has 0 rings (SSSR count). The third-order valence-corrected chi connectivity index (χ3v) is 3.12. The maximum atomic E-state index is 5.72. The summed E-state index contributed by atoms with van der Waals surface area (Å²) in [5, 5.41) is 3.63. The molecule has 0 aromatic carbocycles. The Morgan fingerprint density at radius 3 is 2.07 bits per heavy atom. The van der Waals surface area contributed by atoms with Crippen LogP contribution >= 0.6 is 0 Å². The molecule has 0 bridgehead atoms. The first-order valence-electron chi connectivity index (χ1n) is 6.56. The molecule has 0 amide bonds. The van der Waals surface area contributed by atoms with Crippen LogP contribution in [-0.4, -0.2) is 25.3 Å². The Balaban J connectivity index is 4.25. The smallest absolute Gasteiger partial charge is 0.0702 e. The SMILES string of the molecule is CCCNC(C(CC)CC)C(C)OCC. The van der Waals surface area contributed by atoms with Crippen LogP contribution in [0.4, 0.5) is 0 Å². The molecule has 0 aromatic heterocycles. The van der Waals surface area contributed by atoms with Gasteiger partial charge in [0, 0.05) is 12.6 Å². The molecule has 0 radical (unpaired) electrons. The zero-order valence-corrected chi connectivity index (χ0v) is 11.2. The Bertz CT molecular complexity index is 134. The lowest BCUT2D eigenvalue weighted by Gasteiger charge is -2.31. The number of rotatable bonds is 9. The highest BCUT2D eigenvalue weighted by atomic mass is 16.5. The van der Waals surface area contributed by atoms with Crippen molar-refractivity contribution in [2.24, 2.45) is 5.92 Å². The lowest BCUT2D eigenvalue weighted by Crippen LogP contribution is -2.45. The molecule has 2 heteroatoms. The molecule has 1 N–H and O–H groups in total. The van der Waals surface area contributed by atoms with Gasteiger partial charge < -0.3 is 10.1 Å². The van der Waals surface area contributed by atoms with Gasteiger partial charge in [-0.25, -0.2) is 0 Å². The minimum atomic E-state index is 0.325. The highest BCUT2D eigenvalue weighted by Crippen LogP contribution is 2.18. The number of nitrogens with one attached hydrogen (secondary N) is 1. The van der Waals surface area contributed by atoms with Crippen molar-refractivity contribution >= 4 is 0 Å². The molecule has 2 nitrogen and oxygen atoms in total. The lowest BCUT2D eigenvalue weighted by atomic mass is 9.90. The topological polar surface area (TPSA) is 21.3 Å². The zero-order valence-electron chi connectivity index (χ0n) is 11.2. The van der Waals surface area contributed by atoms with E-state index in [1.807, 2.05) is 0 Å². The largest absolute Gasteiger partial charge is 0.377 e. The first-order valence-corrected chi connectivity index (χ1v) is 6.56. The first-order chi connectivity index (χ1) is 7.21. The molecule has 2 unspecified atom stereocenters. The second kappa shape index (κ2) is 9.17. The number of hydrogen-bond donors (Lipinski definition) is 1. The van der Waals surface area contributed by atoms with Crippen LogP contribution in [0, 0.1) is 5.92 Å². The summed E-state index contributed by atoms with van der Waals surface area (Å²) < 4.78 is 5.72. The Kier molecular flexibility index (Phi) is 9.12. The van der Waals surface area contributed by atoms with Gasteiger partial charge >= 0.3 is 0 Å². The monoisotopic (exact) mass is 215 g/mol. The number of ether oxygens (including phenoxy) is 1. The fraction of sp³-hybridized carbons (Fsp3) is 1.00. The van der Waals surface area contributed by atoms with Gasteiger partial charge in [-0.2, -0.15) is 0 Å². The molecular weight excluding hydrogens is 186 g/mol. The third-order valence-electron chi connectivity index (χ3n) is 3.12. The maximum absolute atomic E-state index is 5.72. The van der Waals surface area contributed by atoms with Gasteiger partial charge in [0.05, 0.1) is 6.10 Å². The van der Waals surface area contributed by atoms with Gasteiger partial charge in [0.25, 0.3) is 0 Å². The summed E-state index contributed by atoms with van der Waals surface area (Å²) in [7, 11) is 0. The predicted octanol–water partition coefficient (Wildman–Crippen LogP) is 3.22. The van der Waals surface area contributed by atoms with Crippen molar-refractivity contribution in [3.63, 3.8) is 0 Å². The molecule has 0 saturated heterocycles. The van der Waals surface area contributed by atoms with Crippen molar-refractivity contribution in [2.75, 3.05) is 13.2 Å². The van der Waals surface area contributed by atoms with Crippen LogP contribution in [0.2, 0.25) is 0 Å². The Labute approximate surface area is 95.8 Å². The average molecular weight is 215 g/mol. The summed E-state index contributed by atoms with van der Waals surface area (Å²) in [6.07, 6.45) is 3.98. The van der Waals surface area contributed by atoms with Crippen LogP contribution in [0.25, 0.3) is 0 Å². The van der Waals surface area contributed by atoms with Crippen LogP contribution in [0.3, 0.4) is 0 Å². The zero-order chi connectivity index (χ0) is 11.7. The normalized spacial score (nSPS) is 15.6. The molecule has 2 atom stereocenters. The molecule has 0 heterocycles. The van der Waals surface area contributed by atoms with Crippen molar-refractivity contribution in [3.05, 3.63) is 0 Å². The molecule has 0 spiro atoms. The van der Waals surface area contributed by atoms with Gasteiger partial charge in [0.2, 0.25) is 0 Å². The van der Waals surface area contributed by atoms with E-state index in [2.05, 4.69) is 39.9 Å². The van der Waals surface area contributed by atoms with E-state index in [0.717, 1.165) is 19.1 Å². The summed E-state index contributed by atoms with van der Waals surface area (Å²) in [6, 6.07) is 0.514.